The first-order chi connectivity index (χ1) is 7.72. The highest BCUT2D eigenvalue weighted by atomic mass is 35.5. The Balaban J connectivity index is 2.35. The van der Waals surface area contributed by atoms with Gasteiger partial charge in [0.2, 0.25) is 5.82 Å². The highest BCUT2D eigenvalue weighted by molar-refractivity contribution is 6.42. The predicted molar refractivity (Wildman–Crippen MR) is 62.5 cm³/mol. The van der Waals surface area contributed by atoms with Gasteiger partial charge >= 0.3 is 0 Å². The van der Waals surface area contributed by atoms with E-state index in [0.717, 1.165) is 5.56 Å². The molecular weight excluding hydrogens is 245 g/mol. The number of imidazole rings is 1. The van der Waals surface area contributed by atoms with Crippen molar-refractivity contribution in [3.8, 4) is 6.07 Å². The fourth-order valence-electron chi connectivity index (χ4n) is 1.40. The first kappa shape index (κ1) is 11.0. The first-order valence-corrected chi connectivity index (χ1v) is 5.32. The summed E-state index contributed by atoms with van der Waals surface area (Å²) in [7, 11) is 0. The standard InChI is InChI=1S/C11H7Cl2N3/c12-9-3-1-2-8(11(9)13)7-16-5-4-15-10(16)6-14/h1-5H,7H2. The van der Waals surface area contributed by atoms with Gasteiger partial charge < -0.3 is 4.57 Å². The molecular formula is C11H7Cl2N3. The zero-order valence-electron chi connectivity index (χ0n) is 8.19. The van der Waals surface area contributed by atoms with Crippen molar-refractivity contribution in [3.63, 3.8) is 0 Å². The molecule has 0 aliphatic carbocycles. The van der Waals surface area contributed by atoms with E-state index in [2.05, 4.69) is 4.98 Å². The van der Waals surface area contributed by atoms with Crippen LogP contribution in [0.1, 0.15) is 11.4 Å². The van der Waals surface area contributed by atoms with Crippen molar-refractivity contribution in [3.05, 3.63) is 52.0 Å². The number of nitriles is 1. The van der Waals surface area contributed by atoms with E-state index in [-0.39, 0.29) is 0 Å². The fourth-order valence-corrected chi connectivity index (χ4v) is 1.78. The van der Waals surface area contributed by atoms with E-state index in [1.807, 2.05) is 18.2 Å². The van der Waals surface area contributed by atoms with E-state index in [9.17, 15) is 0 Å². The normalized spacial score (nSPS) is 10.1. The second-order valence-electron chi connectivity index (χ2n) is 3.20. The predicted octanol–water partition coefficient (Wildman–Crippen LogP) is 3.11. The zero-order valence-corrected chi connectivity index (χ0v) is 9.70. The molecule has 0 saturated carbocycles. The molecule has 0 unspecified atom stereocenters. The van der Waals surface area contributed by atoms with Crippen LogP contribution in [0.5, 0.6) is 0 Å². The van der Waals surface area contributed by atoms with E-state index in [1.165, 1.54) is 0 Å². The Morgan fingerprint density at radius 1 is 1.38 bits per heavy atom. The van der Waals surface area contributed by atoms with Gasteiger partial charge in [-0.2, -0.15) is 5.26 Å². The van der Waals surface area contributed by atoms with Crippen LogP contribution in [-0.4, -0.2) is 9.55 Å². The second-order valence-corrected chi connectivity index (χ2v) is 3.99. The minimum Gasteiger partial charge on any atom is -0.318 e. The van der Waals surface area contributed by atoms with Gasteiger partial charge in [-0.3, -0.25) is 0 Å². The van der Waals surface area contributed by atoms with Gasteiger partial charge in [-0.1, -0.05) is 35.3 Å². The Kier molecular flexibility index (Phi) is 3.14. The van der Waals surface area contributed by atoms with Gasteiger partial charge in [-0.25, -0.2) is 4.98 Å². The highest BCUT2D eigenvalue weighted by Crippen LogP contribution is 2.26. The number of aromatic nitrogens is 2. The minimum atomic E-state index is 0.357. The van der Waals surface area contributed by atoms with Crippen LogP contribution in [0.4, 0.5) is 0 Å². The summed E-state index contributed by atoms with van der Waals surface area (Å²) in [6.07, 6.45) is 3.31. The van der Waals surface area contributed by atoms with Crippen molar-refractivity contribution >= 4 is 23.2 Å². The maximum atomic E-state index is 8.82. The summed E-state index contributed by atoms with van der Waals surface area (Å²) in [6, 6.07) is 7.43. The number of rotatable bonds is 2. The van der Waals surface area contributed by atoms with Gasteiger partial charge in [0, 0.05) is 12.4 Å². The summed E-state index contributed by atoms with van der Waals surface area (Å²) in [5, 5.41) is 9.84. The smallest absolute Gasteiger partial charge is 0.213 e. The Morgan fingerprint density at radius 3 is 2.94 bits per heavy atom. The molecule has 2 rings (SSSR count). The third-order valence-corrected chi connectivity index (χ3v) is 3.05. The Morgan fingerprint density at radius 2 is 2.19 bits per heavy atom. The van der Waals surface area contributed by atoms with Gasteiger partial charge in [0.05, 0.1) is 16.6 Å². The molecule has 0 aliphatic rings. The largest absolute Gasteiger partial charge is 0.318 e. The number of halogens is 2. The molecule has 1 aromatic carbocycles. The summed E-state index contributed by atoms with van der Waals surface area (Å²) in [5.74, 6) is 0.357. The van der Waals surface area contributed by atoms with Gasteiger partial charge in [-0.15, -0.1) is 0 Å². The van der Waals surface area contributed by atoms with Crippen LogP contribution < -0.4 is 0 Å². The zero-order chi connectivity index (χ0) is 11.5. The lowest BCUT2D eigenvalue weighted by molar-refractivity contribution is 0.782. The topological polar surface area (TPSA) is 41.6 Å². The van der Waals surface area contributed by atoms with Crippen LogP contribution >= 0.6 is 23.2 Å². The quantitative estimate of drug-likeness (QED) is 0.823. The molecule has 0 fully saturated rings. The van der Waals surface area contributed by atoms with Crippen molar-refractivity contribution in [2.75, 3.05) is 0 Å². The Labute approximate surface area is 103 Å². The molecule has 0 spiro atoms. The van der Waals surface area contributed by atoms with Crippen molar-refractivity contribution in [1.82, 2.24) is 9.55 Å². The van der Waals surface area contributed by atoms with E-state index in [0.29, 0.717) is 22.4 Å². The number of benzene rings is 1. The monoisotopic (exact) mass is 251 g/mol. The average Bonchev–Trinajstić information content (AvgIpc) is 2.72. The molecule has 1 heterocycles. The number of nitrogens with zero attached hydrogens (tertiary/aromatic N) is 3. The van der Waals surface area contributed by atoms with Crippen LogP contribution in [-0.2, 0) is 6.54 Å². The third-order valence-electron chi connectivity index (χ3n) is 2.19. The Hall–Kier alpha value is -1.50. The van der Waals surface area contributed by atoms with Crippen molar-refractivity contribution in [1.29, 1.82) is 5.26 Å². The second kappa shape index (κ2) is 4.56. The highest BCUT2D eigenvalue weighted by Gasteiger charge is 2.07. The first-order valence-electron chi connectivity index (χ1n) is 4.56. The van der Waals surface area contributed by atoms with E-state index >= 15 is 0 Å². The van der Waals surface area contributed by atoms with E-state index in [4.69, 9.17) is 28.5 Å². The summed E-state index contributed by atoms with van der Waals surface area (Å²) in [6.45, 7) is 0.488. The molecule has 0 amide bonds. The van der Waals surface area contributed by atoms with Crippen LogP contribution in [0.15, 0.2) is 30.6 Å². The van der Waals surface area contributed by atoms with E-state index in [1.54, 1.807) is 23.0 Å². The molecule has 0 atom stereocenters. The molecule has 0 saturated heterocycles. The molecule has 80 valence electrons. The van der Waals surface area contributed by atoms with Crippen LogP contribution in [0.2, 0.25) is 10.0 Å². The lowest BCUT2D eigenvalue weighted by atomic mass is 10.2. The molecule has 2 aromatic rings. The molecule has 1 aromatic heterocycles. The summed E-state index contributed by atoms with van der Waals surface area (Å²) in [4.78, 5) is 3.91. The lowest BCUT2D eigenvalue weighted by Crippen LogP contribution is -2.02. The van der Waals surface area contributed by atoms with Crippen molar-refractivity contribution in [2.24, 2.45) is 0 Å². The van der Waals surface area contributed by atoms with Crippen LogP contribution in [0, 0.1) is 11.3 Å². The summed E-state index contributed by atoms with van der Waals surface area (Å²) < 4.78 is 1.72. The molecule has 3 nitrogen and oxygen atoms in total. The lowest BCUT2D eigenvalue weighted by Gasteiger charge is -2.07. The van der Waals surface area contributed by atoms with Gasteiger partial charge in [0.1, 0.15) is 6.07 Å². The number of hydrogen-bond acceptors (Lipinski definition) is 2. The fraction of sp³-hybridized carbons (Fsp3) is 0.0909. The minimum absolute atomic E-state index is 0.357. The SMILES string of the molecule is N#Cc1nccn1Cc1cccc(Cl)c1Cl. The molecule has 0 radical (unpaired) electrons. The van der Waals surface area contributed by atoms with Crippen molar-refractivity contribution < 1.29 is 0 Å². The van der Waals surface area contributed by atoms with Crippen LogP contribution in [0.25, 0.3) is 0 Å². The van der Waals surface area contributed by atoms with Gasteiger partial charge in [0.15, 0.2) is 0 Å². The average molecular weight is 252 g/mol. The number of hydrogen-bond donors (Lipinski definition) is 0. The molecule has 0 N–H and O–H groups in total. The van der Waals surface area contributed by atoms with Crippen LogP contribution in [0.3, 0.4) is 0 Å². The molecule has 0 bridgehead atoms. The summed E-state index contributed by atoms with van der Waals surface area (Å²) in [5.41, 5.74) is 0.865. The van der Waals surface area contributed by atoms with Crippen molar-refractivity contribution in [2.45, 2.75) is 6.54 Å². The summed E-state index contributed by atoms with van der Waals surface area (Å²) >= 11 is 12.0. The third kappa shape index (κ3) is 2.04. The maximum absolute atomic E-state index is 8.82. The van der Waals surface area contributed by atoms with Gasteiger partial charge in [0.25, 0.3) is 0 Å². The molecule has 5 heteroatoms. The molecule has 16 heavy (non-hydrogen) atoms. The maximum Gasteiger partial charge on any atom is 0.213 e. The Bertz CT molecular complexity index is 555. The molecule has 0 aliphatic heterocycles. The van der Waals surface area contributed by atoms with Gasteiger partial charge in [-0.05, 0) is 11.6 Å². The van der Waals surface area contributed by atoms with E-state index < -0.39 is 0 Å².